The van der Waals surface area contributed by atoms with Gasteiger partial charge in [0.05, 0.1) is 0 Å². The summed E-state index contributed by atoms with van der Waals surface area (Å²) in [5.41, 5.74) is 2.00. The quantitative estimate of drug-likeness (QED) is 0.478. The van der Waals surface area contributed by atoms with Crippen LogP contribution in [0.3, 0.4) is 0 Å². The molecule has 1 rings (SSSR count). The Morgan fingerprint density at radius 2 is 2.43 bits per heavy atom. The smallest absolute Gasteiger partial charge is 0.0222 e. The monoisotopic (exact) mass is 95.1 g/mol. The van der Waals surface area contributed by atoms with Crippen LogP contribution in [0.4, 0.5) is 0 Å². The van der Waals surface area contributed by atoms with Crippen LogP contribution in [0.2, 0.25) is 0 Å². The van der Waals surface area contributed by atoms with Gasteiger partial charge in [0, 0.05) is 11.6 Å². The third-order valence-corrected chi connectivity index (χ3v) is 1.28. The first-order valence-electron chi connectivity index (χ1n) is 2.44. The highest BCUT2D eigenvalue weighted by atomic mass is 14.5. The Hall–Kier alpha value is -0.590. The Morgan fingerprint density at radius 1 is 2.00 bits per heavy atom. The summed E-state index contributed by atoms with van der Waals surface area (Å²) in [5, 5.41) is 7.04. The Labute approximate surface area is 43.6 Å². The molecule has 7 heavy (non-hydrogen) atoms. The van der Waals surface area contributed by atoms with Crippen LogP contribution in [0.15, 0.2) is 12.2 Å². The average Bonchev–Trinajstić information content (AvgIpc) is 2.17. The van der Waals surface area contributed by atoms with Gasteiger partial charge in [-0.2, -0.15) is 0 Å². The van der Waals surface area contributed by atoms with E-state index in [4.69, 9.17) is 5.41 Å². The topological polar surface area (TPSA) is 23.9 Å². The predicted octanol–water partition coefficient (Wildman–Crippen LogP) is 1.60. The van der Waals surface area contributed by atoms with Crippen molar-refractivity contribution in [2.24, 2.45) is 5.92 Å². The Bertz CT molecular complexity index is 124. The van der Waals surface area contributed by atoms with E-state index in [-0.39, 0.29) is 0 Å². The van der Waals surface area contributed by atoms with Crippen LogP contribution < -0.4 is 0 Å². The lowest BCUT2D eigenvalue weighted by Crippen LogP contribution is -1.75. The van der Waals surface area contributed by atoms with Crippen molar-refractivity contribution in [3.8, 4) is 0 Å². The zero-order chi connectivity index (χ0) is 5.44. The molecule has 1 heteroatoms. The van der Waals surface area contributed by atoms with Crippen LogP contribution in [0.5, 0.6) is 0 Å². The van der Waals surface area contributed by atoms with Crippen LogP contribution in [-0.2, 0) is 0 Å². The number of hydrogen-bond donors (Lipinski definition) is 1. The standard InChI is InChI=1S/C6H9N/c1-4(2)5-3-6(5)7/h5,7H,1,3H2,2H3/t5-/m0/s1. The first-order chi connectivity index (χ1) is 3.22. The first kappa shape index (κ1) is 4.57. The molecule has 1 fully saturated rings. The summed E-state index contributed by atoms with van der Waals surface area (Å²) in [5.74, 6) is 0.458. The number of rotatable bonds is 1. The molecule has 0 amide bonds. The normalized spacial score (nSPS) is 27.6. The van der Waals surface area contributed by atoms with Gasteiger partial charge in [-0.3, -0.25) is 0 Å². The summed E-state index contributed by atoms with van der Waals surface area (Å²) >= 11 is 0. The first-order valence-corrected chi connectivity index (χ1v) is 2.44. The van der Waals surface area contributed by atoms with Crippen LogP contribution in [-0.4, -0.2) is 5.71 Å². The van der Waals surface area contributed by atoms with Gasteiger partial charge in [0.25, 0.3) is 0 Å². The largest absolute Gasteiger partial charge is 0.309 e. The van der Waals surface area contributed by atoms with Crippen molar-refractivity contribution in [1.82, 2.24) is 0 Å². The van der Waals surface area contributed by atoms with Crippen LogP contribution in [0, 0.1) is 11.3 Å². The molecule has 1 aliphatic rings. The van der Waals surface area contributed by atoms with E-state index in [2.05, 4.69) is 6.58 Å². The van der Waals surface area contributed by atoms with E-state index in [0.29, 0.717) is 5.92 Å². The van der Waals surface area contributed by atoms with Gasteiger partial charge < -0.3 is 5.41 Å². The second kappa shape index (κ2) is 1.19. The molecule has 0 bridgehead atoms. The zero-order valence-corrected chi connectivity index (χ0v) is 4.49. The van der Waals surface area contributed by atoms with Gasteiger partial charge in [-0.05, 0) is 13.3 Å². The van der Waals surface area contributed by atoms with Gasteiger partial charge in [-0.1, -0.05) is 12.2 Å². The number of hydrogen-bond acceptors (Lipinski definition) is 1. The van der Waals surface area contributed by atoms with Crippen molar-refractivity contribution < 1.29 is 0 Å². The van der Waals surface area contributed by atoms with E-state index in [1.54, 1.807) is 0 Å². The third kappa shape index (κ3) is 0.710. The van der Waals surface area contributed by atoms with E-state index in [1.807, 2.05) is 6.92 Å². The molecule has 1 saturated carbocycles. The fourth-order valence-electron chi connectivity index (χ4n) is 0.633. The summed E-state index contributed by atoms with van der Waals surface area (Å²) < 4.78 is 0. The molecule has 1 aliphatic carbocycles. The lowest BCUT2D eigenvalue weighted by atomic mass is 10.2. The highest BCUT2D eigenvalue weighted by molar-refractivity contribution is 6.00. The summed E-state index contributed by atoms with van der Waals surface area (Å²) in [7, 11) is 0. The lowest BCUT2D eigenvalue weighted by Gasteiger charge is -1.83. The Balaban J connectivity index is 2.48. The molecule has 0 heterocycles. The molecule has 1 nitrogen and oxygen atoms in total. The van der Waals surface area contributed by atoms with Crippen molar-refractivity contribution in [1.29, 1.82) is 5.41 Å². The molecule has 38 valence electrons. The summed E-state index contributed by atoms with van der Waals surface area (Å²) in [6, 6.07) is 0. The van der Waals surface area contributed by atoms with Crippen molar-refractivity contribution >= 4 is 5.71 Å². The fraction of sp³-hybridized carbons (Fsp3) is 0.500. The van der Waals surface area contributed by atoms with E-state index in [0.717, 1.165) is 17.7 Å². The predicted molar refractivity (Wildman–Crippen MR) is 30.6 cm³/mol. The highest BCUT2D eigenvalue weighted by Crippen LogP contribution is 2.30. The third-order valence-electron chi connectivity index (χ3n) is 1.28. The van der Waals surface area contributed by atoms with Crippen molar-refractivity contribution in [2.75, 3.05) is 0 Å². The van der Waals surface area contributed by atoms with Crippen molar-refractivity contribution in [3.63, 3.8) is 0 Å². The minimum Gasteiger partial charge on any atom is -0.309 e. The van der Waals surface area contributed by atoms with Gasteiger partial charge in [0.1, 0.15) is 0 Å². The van der Waals surface area contributed by atoms with Gasteiger partial charge in [-0.25, -0.2) is 0 Å². The zero-order valence-electron chi connectivity index (χ0n) is 4.49. The van der Waals surface area contributed by atoms with Crippen molar-refractivity contribution in [2.45, 2.75) is 13.3 Å². The molecular weight excluding hydrogens is 86.1 g/mol. The molecule has 0 aliphatic heterocycles. The average molecular weight is 95.1 g/mol. The second-order valence-electron chi connectivity index (χ2n) is 2.13. The summed E-state index contributed by atoms with van der Waals surface area (Å²) in [6.45, 7) is 5.71. The molecule has 0 spiro atoms. The Morgan fingerprint density at radius 3 is 2.43 bits per heavy atom. The van der Waals surface area contributed by atoms with Gasteiger partial charge in [0.15, 0.2) is 0 Å². The molecule has 0 aromatic carbocycles. The van der Waals surface area contributed by atoms with Crippen LogP contribution in [0.25, 0.3) is 0 Å². The SMILES string of the molecule is C=C(C)[C@@H]1CC1=N. The van der Waals surface area contributed by atoms with E-state index < -0.39 is 0 Å². The van der Waals surface area contributed by atoms with Crippen molar-refractivity contribution in [3.05, 3.63) is 12.2 Å². The maximum Gasteiger partial charge on any atom is 0.0222 e. The van der Waals surface area contributed by atoms with Gasteiger partial charge in [0.2, 0.25) is 0 Å². The lowest BCUT2D eigenvalue weighted by molar-refractivity contribution is 1.06. The minimum atomic E-state index is 0.458. The van der Waals surface area contributed by atoms with E-state index in [1.165, 1.54) is 0 Å². The van der Waals surface area contributed by atoms with Gasteiger partial charge in [-0.15, -0.1) is 0 Å². The maximum atomic E-state index is 7.04. The molecule has 1 atom stereocenters. The molecule has 0 unspecified atom stereocenters. The molecular formula is C6H9N. The van der Waals surface area contributed by atoms with E-state index >= 15 is 0 Å². The summed E-state index contributed by atoms with van der Waals surface area (Å²) in [4.78, 5) is 0. The summed E-state index contributed by atoms with van der Waals surface area (Å²) in [6.07, 6.45) is 0.968. The van der Waals surface area contributed by atoms with Crippen LogP contribution >= 0.6 is 0 Å². The molecule has 0 aromatic heterocycles. The van der Waals surface area contributed by atoms with Gasteiger partial charge >= 0.3 is 0 Å². The fourth-order valence-corrected chi connectivity index (χ4v) is 0.633. The highest BCUT2D eigenvalue weighted by Gasteiger charge is 2.29. The molecule has 0 aromatic rings. The second-order valence-corrected chi connectivity index (χ2v) is 2.13. The van der Waals surface area contributed by atoms with E-state index in [9.17, 15) is 0 Å². The number of nitrogens with one attached hydrogen (secondary N) is 1. The molecule has 0 saturated heterocycles. The van der Waals surface area contributed by atoms with Crippen LogP contribution in [0.1, 0.15) is 13.3 Å². The molecule has 0 radical (unpaired) electrons. The number of allylic oxidation sites excluding steroid dienone is 1. The minimum absolute atomic E-state index is 0.458. The Kier molecular flexibility index (Phi) is 0.775. The molecule has 1 N–H and O–H groups in total. The maximum absolute atomic E-state index is 7.04.